The largest absolute Gasteiger partial charge is 0.222 e. The molecule has 0 unspecified atom stereocenters. The van der Waals surface area contributed by atoms with Gasteiger partial charge in [0.15, 0.2) is 0 Å². The number of hydrazone groups is 1. The first-order valence-corrected chi connectivity index (χ1v) is 2.59. The van der Waals surface area contributed by atoms with E-state index in [9.17, 15) is 0 Å². The molecule has 0 aromatic carbocycles. The molecule has 0 aliphatic heterocycles. The molecule has 0 aliphatic carbocycles. The Morgan fingerprint density at radius 3 is 2.57 bits per heavy atom. The van der Waals surface area contributed by atoms with Crippen LogP contribution in [-0.4, -0.2) is 9.55 Å². The molecule has 0 aliphatic rings. The average Bonchev–Trinajstić information content (AvgIpc) is 1.61. The van der Waals surface area contributed by atoms with Crippen LogP contribution in [0.15, 0.2) is 17.8 Å². The zero-order valence-electron chi connectivity index (χ0n) is 3.71. The van der Waals surface area contributed by atoms with Crippen molar-refractivity contribution in [3.05, 3.63) is 12.7 Å². The lowest BCUT2D eigenvalue weighted by molar-refractivity contribution is 0.587. The summed E-state index contributed by atoms with van der Waals surface area (Å²) in [5.41, 5.74) is 0. The van der Waals surface area contributed by atoms with Crippen molar-refractivity contribution in [3.8, 4) is 0 Å². The topological polar surface area (TPSA) is 41.6 Å². The van der Waals surface area contributed by atoms with Gasteiger partial charge < -0.3 is 0 Å². The maximum Gasteiger partial charge on any atom is 0.101 e. The van der Waals surface area contributed by atoms with Gasteiger partial charge in [-0.2, -0.15) is 8.43 Å². The van der Waals surface area contributed by atoms with Gasteiger partial charge in [0.2, 0.25) is 0 Å². The minimum Gasteiger partial charge on any atom is -0.222 e. The molecule has 0 fully saturated rings. The molecule has 0 rings (SSSR count). The number of allylic oxidation sites excluding steroid dienone is 1. The highest BCUT2D eigenvalue weighted by molar-refractivity contribution is 14.1. The fourth-order valence-electron chi connectivity index (χ4n) is 0.111. The second-order valence-electron chi connectivity index (χ2n) is 0.789. The Hall–Kier alpha value is -0.100. The van der Waals surface area contributed by atoms with Crippen molar-refractivity contribution < 1.29 is 0 Å². The van der Waals surface area contributed by atoms with Crippen molar-refractivity contribution in [2.75, 3.05) is 0 Å². The van der Waals surface area contributed by atoms with Gasteiger partial charge in [0.05, 0.1) is 0 Å². The first-order chi connectivity index (χ1) is 3.27. The fraction of sp³-hybridized carbons (Fsp3) is 0. The highest BCUT2D eigenvalue weighted by Gasteiger charge is 1.71. The normalized spacial score (nSPS) is 9.43. The Kier molecular flexibility index (Phi) is 4.01. The maximum absolute atomic E-state index is 5.05. The molecule has 4 heteroatoms. The third kappa shape index (κ3) is 5.90. The highest BCUT2D eigenvalue weighted by atomic mass is 127. The summed E-state index contributed by atoms with van der Waals surface area (Å²) in [6.45, 7) is 3.40. The summed E-state index contributed by atoms with van der Waals surface area (Å²) in [7, 11) is 0. The zero-order chi connectivity index (χ0) is 5.70. The van der Waals surface area contributed by atoms with Gasteiger partial charge in [0.1, 0.15) is 22.9 Å². The van der Waals surface area contributed by atoms with E-state index in [0.717, 1.165) is 0 Å². The SMILES string of the molecule is C=C/C=N\N(N)I. The molecule has 0 amide bonds. The Balaban J connectivity index is 3.25. The van der Waals surface area contributed by atoms with Crippen LogP contribution in [0.3, 0.4) is 0 Å². The summed E-state index contributed by atoms with van der Waals surface area (Å²) in [6.07, 6.45) is 3.06. The van der Waals surface area contributed by atoms with Gasteiger partial charge in [0.25, 0.3) is 0 Å². The summed E-state index contributed by atoms with van der Waals surface area (Å²) in [5, 5.41) is 3.60. The third-order valence-electron chi connectivity index (χ3n) is 0.282. The van der Waals surface area contributed by atoms with E-state index in [1.807, 2.05) is 22.9 Å². The van der Waals surface area contributed by atoms with Crippen molar-refractivity contribution in [2.24, 2.45) is 10.9 Å². The zero-order valence-corrected chi connectivity index (χ0v) is 5.87. The lowest BCUT2D eigenvalue weighted by atomic mass is 10.7. The van der Waals surface area contributed by atoms with Crippen molar-refractivity contribution in [2.45, 2.75) is 0 Å². The lowest BCUT2D eigenvalue weighted by Crippen LogP contribution is -2.10. The van der Waals surface area contributed by atoms with Gasteiger partial charge in [-0.25, -0.2) is 5.84 Å². The van der Waals surface area contributed by atoms with E-state index in [4.69, 9.17) is 5.84 Å². The van der Waals surface area contributed by atoms with Gasteiger partial charge in [-0.1, -0.05) is 6.58 Å². The van der Waals surface area contributed by atoms with Gasteiger partial charge in [-0.15, -0.1) is 0 Å². The van der Waals surface area contributed by atoms with E-state index >= 15 is 0 Å². The van der Waals surface area contributed by atoms with Crippen LogP contribution >= 0.6 is 22.9 Å². The van der Waals surface area contributed by atoms with Gasteiger partial charge >= 0.3 is 0 Å². The van der Waals surface area contributed by atoms with Crippen LogP contribution in [0.5, 0.6) is 0 Å². The minimum atomic E-state index is 1.18. The second kappa shape index (κ2) is 4.07. The number of hydrogen-bond acceptors (Lipinski definition) is 3. The number of nitrogens with zero attached hydrogens (tertiary/aromatic N) is 2. The molecule has 0 radical (unpaired) electrons. The predicted molar refractivity (Wildman–Crippen MR) is 38.7 cm³/mol. The van der Waals surface area contributed by atoms with Crippen LogP contribution in [-0.2, 0) is 0 Å². The van der Waals surface area contributed by atoms with Gasteiger partial charge in [-0.3, -0.25) is 0 Å². The van der Waals surface area contributed by atoms with Crippen LogP contribution in [0.1, 0.15) is 0 Å². The van der Waals surface area contributed by atoms with Crippen molar-refractivity contribution in [1.82, 2.24) is 3.33 Å². The van der Waals surface area contributed by atoms with Crippen molar-refractivity contribution >= 4 is 29.1 Å². The smallest absolute Gasteiger partial charge is 0.101 e. The molecule has 0 atom stereocenters. The van der Waals surface area contributed by atoms with Crippen molar-refractivity contribution in [3.63, 3.8) is 0 Å². The van der Waals surface area contributed by atoms with Crippen LogP contribution in [0.25, 0.3) is 0 Å². The average molecular weight is 211 g/mol. The number of rotatable bonds is 2. The summed E-state index contributed by atoms with van der Waals surface area (Å²) in [6, 6.07) is 0. The lowest BCUT2D eigenvalue weighted by Gasteiger charge is -1.94. The molecule has 0 aromatic rings. The Morgan fingerprint density at radius 1 is 1.86 bits per heavy atom. The van der Waals surface area contributed by atoms with Crippen LogP contribution in [0, 0.1) is 0 Å². The van der Waals surface area contributed by atoms with E-state index in [1.165, 1.54) is 9.55 Å². The van der Waals surface area contributed by atoms with Gasteiger partial charge in [0, 0.05) is 6.21 Å². The van der Waals surface area contributed by atoms with Gasteiger partial charge in [-0.05, 0) is 6.08 Å². The molecule has 0 bridgehead atoms. The fourth-order valence-corrected chi connectivity index (χ4v) is 0.255. The number of nitrogens with two attached hydrogens (primary N) is 1. The highest BCUT2D eigenvalue weighted by Crippen LogP contribution is 1.85. The van der Waals surface area contributed by atoms with E-state index in [-0.39, 0.29) is 0 Å². The van der Waals surface area contributed by atoms with Crippen molar-refractivity contribution in [1.29, 1.82) is 0 Å². The molecule has 7 heavy (non-hydrogen) atoms. The summed E-state index contributed by atoms with van der Waals surface area (Å²) >= 11 is 1.83. The third-order valence-corrected chi connectivity index (χ3v) is 0.532. The first kappa shape index (κ1) is 6.90. The summed E-state index contributed by atoms with van der Waals surface area (Å²) in [4.78, 5) is 0. The molecule has 2 N–H and O–H groups in total. The molecule has 0 saturated carbocycles. The molecular weight excluding hydrogens is 205 g/mol. The summed E-state index contributed by atoms with van der Waals surface area (Å²) < 4.78 is 1.18. The molecule has 0 heterocycles. The number of hydrazine groups is 1. The van der Waals surface area contributed by atoms with E-state index in [0.29, 0.717) is 0 Å². The standard InChI is InChI=1S/C3H6IN3/c1-2-3-6-7(4)5/h2-3H,1,5H2/b6-3-. The monoisotopic (exact) mass is 211 g/mol. The van der Waals surface area contributed by atoms with Crippen LogP contribution in [0.2, 0.25) is 0 Å². The molecule has 0 saturated heterocycles. The molecule has 0 spiro atoms. The minimum absolute atomic E-state index is 1.18. The molecule has 40 valence electrons. The molecule has 0 aromatic heterocycles. The van der Waals surface area contributed by atoms with E-state index in [2.05, 4.69) is 11.7 Å². The van der Waals surface area contributed by atoms with E-state index < -0.39 is 0 Å². The number of hydrogen-bond donors (Lipinski definition) is 1. The van der Waals surface area contributed by atoms with E-state index in [1.54, 1.807) is 6.08 Å². The predicted octanol–water partition coefficient (Wildman–Crippen LogP) is 0.684. The summed E-state index contributed by atoms with van der Waals surface area (Å²) in [5.74, 6) is 5.05. The Morgan fingerprint density at radius 2 is 2.43 bits per heavy atom. The number of halogens is 1. The van der Waals surface area contributed by atoms with Crippen LogP contribution < -0.4 is 5.84 Å². The molecule has 3 nitrogen and oxygen atoms in total. The Labute approximate surface area is 56.3 Å². The Bertz CT molecular complexity index is 78.2. The molecular formula is C3H6IN3. The first-order valence-electron chi connectivity index (χ1n) is 1.63. The second-order valence-corrected chi connectivity index (χ2v) is 1.78. The maximum atomic E-state index is 5.05. The quantitative estimate of drug-likeness (QED) is 0.240. The van der Waals surface area contributed by atoms with Crippen LogP contribution in [0.4, 0.5) is 0 Å².